The number of hydrogen-bond acceptors (Lipinski definition) is 2. The first-order chi connectivity index (χ1) is 6.70. The van der Waals surface area contributed by atoms with E-state index in [0.29, 0.717) is 0 Å². The summed E-state index contributed by atoms with van der Waals surface area (Å²) in [5.74, 6) is -0.735. The Kier molecular flexibility index (Phi) is 2.71. The van der Waals surface area contributed by atoms with Gasteiger partial charge in [-0.1, -0.05) is 8.73 Å². The zero-order valence-corrected chi connectivity index (χ0v) is 9.05. The molecule has 0 bridgehead atoms. The summed E-state index contributed by atoms with van der Waals surface area (Å²) in [4.78, 5) is 0. The lowest BCUT2D eigenvalue weighted by molar-refractivity contribution is 0.413. The van der Waals surface area contributed by atoms with E-state index in [1.165, 1.54) is 6.07 Å². The highest BCUT2D eigenvalue weighted by atomic mass is 31.1. The molecule has 2 rings (SSSR count). The van der Waals surface area contributed by atoms with Crippen molar-refractivity contribution in [3.63, 3.8) is 0 Å². The first-order valence-corrected chi connectivity index (χ1v) is 6.08. The quantitative estimate of drug-likeness (QED) is 0.722. The topological polar surface area (TPSA) is 23.5 Å². The normalized spacial score (nSPS) is 17.6. The van der Waals surface area contributed by atoms with Crippen molar-refractivity contribution in [2.75, 3.05) is 13.2 Å². The van der Waals surface area contributed by atoms with E-state index in [1.54, 1.807) is 6.07 Å². The van der Waals surface area contributed by atoms with Crippen LogP contribution in [0.15, 0.2) is 12.1 Å². The van der Waals surface area contributed by atoms with Crippen LogP contribution in [0.25, 0.3) is 0 Å². The molecule has 14 heavy (non-hydrogen) atoms. The Morgan fingerprint density at radius 2 is 2.21 bits per heavy atom. The van der Waals surface area contributed by atoms with E-state index in [4.69, 9.17) is 0 Å². The van der Waals surface area contributed by atoms with Crippen molar-refractivity contribution >= 4 is 8.73 Å². The molecule has 0 saturated heterocycles. The van der Waals surface area contributed by atoms with E-state index >= 15 is 0 Å². The number of aromatic hydroxyl groups is 1. The van der Waals surface area contributed by atoms with Crippen LogP contribution in [0.5, 0.6) is 5.75 Å². The number of phenolic OH excluding ortho intramolecular Hbond substituents is 1. The van der Waals surface area contributed by atoms with E-state index in [9.17, 15) is 9.50 Å². The summed E-state index contributed by atoms with van der Waals surface area (Å²) in [6.07, 6.45) is 0.907. The summed E-state index contributed by atoms with van der Waals surface area (Å²) in [5.41, 5.74) is 2.10. The molecule has 1 aliphatic heterocycles. The molecule has 1 aliphatic rings. The van der Waals surface area contributed by atoms with Crippen LogP contribution < -0.4 is 0 Å². The maximum absolute atomic E-state index is 13.1. The minimum absolute atomic E-state index is 0.226. The van der Waals surface area contributed by atoms with Gasteiger partial charge in [0, 0.05) is 13.1 Å². The summed E-state index contributed by atoms with van der Waals surface area (Å²) < 4.78 is 15.4. The van der Waals surface area contributed by atoms with Gasteiger partial charge in [-0.2, -0.15) is 0 Å². The van der Waals surface area contributed by atoms with Gasteiger partial charge >= 0.3 is 0 Å². The summed E-state index contributed by atoms with van der Waals surface area (Å²) in [5, 5.41) is 9.21. The van der Waals surface area contributed by atoms with E-state index in [-0.39, 0.29) is 5.75 Å². The lowest BCUT2D eigenvalue weighted by Crippen LogP contribution is -2.23. The van der Waals surface area contributed by atoms with Crippen molar-refractivity contribution in [1.82, 2.24) is 4.67 Å². The van der Waals surface area contributed by atoms with Crippen molar-refractivity contribution in [3.05, 3.63) is 29.1 Å². The number of rotatable bonds is 1. The van der Waals surface area contributed by atoms with Gasteiger partial charge in [-0.3, -0.25) is 4.67 Å². The molecular weight excluding hydrogens is 200 g/mol. The Hall–Kier alpha value is -0.660. The van der Waals surface area contributed by atoms with E-state index in [1.807, 2.05) is 0 Å². The largest absolute Gasteiger partial charge is 0.505 e. The number of phenols is 1. The van der Waals surface area contributed by atoms with Gasteiger partial charge in [0.05, 0.1) is 0 Å². The Labute approximate surface area is 84.6 Å². The molecule has 0 radical (unpaired) electrons. The highest BCUT2D eigenvalue weighted by Crippen LogP contribution is 2.29. The molecule has 1 aromatic rings. The van der Waals surface area contributed by atoms with Crippen LogP contribution in [0, 0.1) is 5.82 Å². The van der Waals surface area contributed by atoms with Gasteiger partial charge in [0.15, 0.2) is 11.6 Å². The molecule has 1 unspecified atom stereocenters. The third kappa shape index (κ3) is 1.75. The van der Waals surface area contributed by atoms with Gasteiger partial charge in [0.2, 0.25) is 0 Å². The van der Waals surface area contributed by atoms with Crippen molar-refractivity contribution in [1.29, 1.82) is 0 Å². The number of hydrogen-bond donors (Lipinski definition) is 1. The molecule has 0 saturated carbocycles. The fraction of sp³-hybridized carbons (Fsp3) is 0.400. The predicted molar refractivity (Wildman–Crippen MR) is 56.4 cm³/mol. The lowest BCUT2D eigenvalue weighted by Gasteiger charge is -2.27. The molecule has 0 spiro atoms. The standard InChI is InChI=1S/C10H13FNOP/c1-14-12-3-2-7-5-10(13)9(11)4-8(7)6-12/h4-5,13-14H,2-3,6H2,1H3. The van der Waals surface area contributed by atoms with Crippen LogP contribution in [0.2, 0.25) is 0 Å². The fourth-order valence-corrected chi connectivity index (χ4v) is 2.42. The van der Waals surface area contributed by atoms with Gasteiger partial charge in [-0.25, -0.2) is 4.39 Å². The van der Waals surface area contributed by atoms with Gasteiger partial charge in [-0.15, -0.1) is 0 Å². The van der Waals surface area contributed by atoms with Crippen LogP contribution in [0.4, 0.5) is 4.39 Å². The average molecular weight is 213 g/mol. The predicted octanol–water partition coefficient (Wildman–Crippen LogP) is 2.11. The lowest BCUT2D eigenvalue weighted by atomic mass is 10.0. The van der Waals surface area contributed by atoms with Crippen molar-refractivity contribution in [2.45, 2.75) is 13.0 Å². The highest BCUT2D eigenvalue weighted by Gasteiger charge is 2.17. The van der Waals surface area contributed by atoms with Crippen molar-refractivity contribution in [2.24, 2.45) is 0 Å². The van der Waals surface area contributed by atoms with E-state index in [0.717, 1.165) is 39.4 Å². The third-order valence-corrected chi connectivity index (χ3v) is 3.61. The molecule has 0 aromatic heterocycles. The van der Waals surface area contributed by atoms with Gasteiger partial charge < -0.3 is 5.11 Å². The second-order valence-corrected chi connectivity index (χ2v) is 4.55. The zero-order valence-electron chi connectivity index (χ0n) is 8.05. The Morgan fingerprint density at radius 3 is 2.93 bits per heavy atom. The van der Waals surface area contributed by atoms with Crippen molar-refractivity contribution < 1.29 is 9.50 Å². The molecule has 0 fully saturated rings. The van der Waals surface area contributed by atoms with E-state index in [2.05, 4.69) is 11.3 Å². The van der Waals surface area contributed by atoms with Gasteiger partial charge in [-0.05, 0) is 36.3 Å². The molecule has 4 heteroatoms. The Morgan fingerprint density at radius 1 is 1.43 bits per heavy atom. The Balaban J connectivity index is 2.33. The molecule has 76 valence electrons. The summed E-state index contributed by atoms with van der Waals surface area (Å²) in [7, 11) is 0.761. The summed E-state index contributed by atoms with van der Waals surface area (Å²) >= 11 is 0. The van der Waals surface area contributed by atoms with Gasteiger partial charge in [0.25, 0.3) is 0 Å². The number of benzene rings is 1. The minimum Gasteiger partial charge on any atom is -0.505 e. The zero-order chi connectivity index (χ0) is 10.1. The molecule has 0 aliphatic carbocycles. The second kappa shape index (κ2) is 3.84. The molecule has 0 amide bonds. The monoisotopic (exact) mass is 213 g/mol. The van der Waals surface area contributed by atoms with Crippen LogP contribution in [0.1, 0.15) is 11.1 Å². The highest BCUT2D eigenvalue weighted by molar-refractivity contribution is 7.34. The molecule has 1 N–H and O–H groups in total. The van der Waals surface area contributed by atoms with Crippen LogP contribution in [-0.4, -0.2) is 23.0 Å². The third-order valence-electron chi connectivity index (χ3n) is 2.60. The van der Waals surface area contributed by atoms with Gasteiger partial charge in [0.1, 0.15) is 0 Å². The molecule has 2 nitrogen and oxygen atoms in total. The Bertz CT molecular complexity index is 356. The van der Waals surface area contributed by atoms with Crippen LogP contribution in [0.3, 0.4) is 0 Å². The molecule has 1 atom stereocenters. The number of nitrogens with zero attached hydrogens (tertiary/aromatic N) is 1. The fourth-order valence-electron chi connectivity index (χ4n) is 1.76. The average Bonchev–Trinajstić information content (AvgIpc) is 2.19. The number of halogens is 1. The summed E-state index contributed by atoms with van der Waals surface area (Å²) in [6.45, 7) is 3.94. The van der Waals surface area contributed by atoms with Crippen molar-refractivity contribution in [3.8, 4) is 5.75 Å². The molecule has 1 aromatic carbocycles. The first-order valence-electron chi connectivity index (χ1n) is 4.63. The summed E-state index contributed by atoms with van der Waals surface area (Å²) in [6, 6.07) is 3.01. The first kappa shape index (κ1) is 9.88. The SMILES string of the molecule is CPN1CCc2cc(O)c(F)cc2C1. The number of fused-ring (bicyclic) bond motifs is 1. The maximum atomic E-state index is 13.1. The second-order valence-electron chi connectivity index (χ2n) is 3.47. The minimum atomic E-state index is -0.509. The maximum Gasteiger partial charge on any atom is 0.165 e. The molecule has 1 heterocycles. The molecular formula is C10H13FNOP. The van der Waals surface area contributed by atoms with Crippen LogP contribution >= 0.6 is 8.73 Å². The van der Waals surface area contributed by atoms with Crippen LogP contribution in [-0.2, 0) is 13.0 Å². The van der Waals surface area contributed by atoms with E-state index < -0.39 is 5.82 Å². The smallest absolute Gasteiger partial charge is 0.165 e.